The molecule has 0 amide bonds. The molecule has 0 spiro atoms. The van der Waals surface area contributed by atoms with Crippen molar-refractivity contribution in [3.05, 3.63) is 0 Å². The number of phosphoric acid groups is 2. The molecule has 0 aromatic heterocycles. The minimum atomic E-state index is -4.95. The second kappa shape index (κ2) is 57.0. The topological polar surface area (TPSA) is 237 Å². The van der Waals surface area contributed by atoms with Crippen LogP contribution in [0.2, 0.25) is 0 Å². The molecule has 3 N–H and O–H groups in total. The summed E-state index contributed by atoms with van der Waals surface area (Å²) in [7, 11) is -9.90. The van der Waals surface area contributed by atoms with Gasteiger partial charge in [0, 0.05) is 25.7 Å². The molecule has 4 unspecified atom stereocenters. The van der Waals surface area contributed by atoms with Crippen molar-refractivity contribution in [2.75, 3.05) is 39.6 Å². The van der Waals surface area contributed by atoms with E-state index < -0.39 is 97.5 Å². The molecule has 0 aliphatic carbocycles. The van der Waals surface area contributed by atoms with Gasteiger partial charge in [-0.3, -0.25) is 37.3 Å². The minimum absolute atomic E-state index is 0.103. The smallest absolute Gasteiger partial charge is 0.462 e. The van der Waals surface area contributed by atoms with Gasteiger partial charge in [0.05, 0.1) is 26.4 Å². The number of rotatable bonds is 64. The van der Waals surface area contributed by atoms with Crippen molar-refractivity contribution in [1.82, 2.24) is 0 Å². The van der Waals surface area contributed by atoms with Gasteiger partial charge < -0.3 is 33.8 Å². The van der Waals surface area contributed by atoms with E-state index in [1.807, 2.05) is 0 Å². The van der Waals surface area contributed by atoms with Gasteiger partial charge in [-0.2, -0.15) is 0 Å². The first-order chi connectivity index (χ1) is 41.1. The summed E-state index contributed by atoms with van der Waals surface area (Å²) in [6, 6.07) is 0. The maximum absolute atomic E-state index is 13.0. The first-order valence-electron chi connectivity index (χ1n) is 34.7. The molecule has 0 bridgehead atoms. The highest BCUT2D eigenvalue weighted by molar-refractivity contribution is 7.47. The van der Waals surface area contributed by atoms with Gasteiger partial charge in [-0.1, -0.05) is 274 Å². The Kier molecular flexibility index (Phi) is 55.7. The van der Waals surface area contributed by atoms with E-state index in [2.05, 4.69) is 55.4 Å². The standard InChI is InChI=1S/C67H130O17P2/c1-9-60(8)46-38-30-22-12-10-11-13-23-31-39-47-64(69)77-53-62(83-66(71)49-41-33-24-16-14-19-27-35-43-57(2)3)55-81-85(73,74)79-51-61(68)52-80-86(75,76)82-56-63(54-78-65(70)48-40-32-26-18-21-29-37-45-59(6)7)84-67(72)50-42-34-25-17-15-20-28-36-44-58(4)5/h57-63,68H,9-56H2,1-8H3,(H,73,74)(H,75,76)/t60?,61?,62-,63-/m1/s1. The Bertz CT molecular complexity index is 1720. The number of aliphatic hydroxyl groups is 1. The van der Waals surface area contributed by atoms with Crippen LogP contribution >= 0.6 is 15.6 Å². The molecule has 17 nitrogen and oxygen atoms in total. The monoisotopic (exact) mass is 1270 g/mol. The molecule has 0 radical (unpaired) electrons. The van der Waals surface area contributed by atoms with Crippen LogP contribution in [0.5, 0.6) is 0 Å². The van der Waals surface area contributed by atoms with Gasteiger partial charge in [0.2, 0.25) is 0 Å². The van der Waals surface area contributed by atoms with Crippen LogP contribution in [0.15, 0.2) is 0 Å². The summed E-state index contributed by atoms with van der Waals surface area (Å²) in [5, 5.41) is 10.6. The Balaban J connectivity index is 5.25. The van der Waals surface area contributed by atoms with Crippen LogP contribution in [0, 0.1) is 23.7 Å². The molecule has 0 heterocycles. The molecule has 510 valence electrons. The average molecular weight is 1270 g/mol. The molecule has 0 aliphatic heterocycles. The number of hydrogen-bond acceptors (Lipinski definition) is 15. The predicted molar refractivity (Wildman–Crippen MR) is 344 cm³/mol. The van der Waals surface area contributed by atoms with Crippen molar-refractivity contribution in [2.24, 2.45) is 23.7 Å². The molecule has 0 aromatic rings. The van der Waals surface area contributed by atoms with Crippen molar-refractivity contribution < 1.29 is 80.2 Å². The average Bonchev–Trinajstić information content (AvgIpc) is 3.67. The summed E-state index contributed by atoms with van der Waals surface area (Å²) < 4.78 is 68.1. The molecule has 0 aromatic carbocycles. The number of aliphatic hydroxyl groups excluding tert-OH is 1. The van der Waals surface area contributed by atoms with Crippen LogP contribution in [0.3, 0.4) is 0 Å². The quantitative estimate of drug-likeness (QED) is 0.0222. The van der Waals surface area contributed by atoms with Crippen LogP contribution in [0.1, 0.15) is 325 Å². The van der Waals surface area contributed by atoms with Gasteiger partial charge >= 0.3 is 39.5 Å². The summed E-state index contributed by atoms with van der Waals surface area (Å²) in [4.78, 5) is 72.4. The summed E-state index contributed by atoms with van der Waals surface area (Å²) in [6.07, 6.45) is 37.6. The molecule has 6 atom stereocenters. The Morgan fingerprint density at radius 3 is 0.826 bits per heavy atom. The zero-order valence-corrected chi connectivity index (χ0v) is 57.7. The van der Waals surface area contributed by atoms with E-state index in [1.54, 1.807) is 0 Å². The molecular formula is C67H130O17P2. The maximum Gasteiger partial charge on any atom is 0.472 e. The summed E-state index contributed by atoms with van der Waals surface area (Å²) in [6.45, 7) is 14.0. The SMILES string of the molecule is CCC(C)CCCCCCCCCCCCC(=O)OC[C@H](COP(=O)(O)OCC(O)COP(=O)(O)OC[C@@H](COC(=O)CCCCCCCCCC(C)C)OC(=O)CCCCCCCCCCC(C)C)OC(=O)CCCCCCCCCCC(C)C. The summed E-state index contributed by atoms with van der Waals surface area (Å²) in [5.74, 6) is 0.814. The largest absolute Gasteiger partial charge is 0.472 e. The van der Waals surface area contributed by atoms with Crippen molar-refractivity contribution in [3.63, 3.8) is 0 Å². The number of carbonyl (C=O) groups excluding carboxylic acids is 4. The number of esters is 4. The Morgan fingerprint density at radius 1 is 0.326 bits per heavy atom. The van der Waals surface area contributed by atoms with E-state index in [9.17, 15) is 43.2 Å². The van der Waals surface area contributed by atoms with E-state index in [0.717, 1.165) is 114 Å². The van der Waals surface area contributed by atoms with Gasteiger partial charge in [-0.25, -0.2) is 9.13 Å². The number of phosphoric ester groups is 2. The second-order valence-corrected chi connectivity index (χ2v) is 28.8. The van der Waals surface area contributed by atoms with Crippen LogP contribution in [-0.2, 0) is 65.4 Å². The fourth-order valence-electron chi connectivity index (χ4n) is 9.93. The van der Waals surface area contributed by atoms with Gasteiger partial charge in [0.25, 0.3) is 0 Å². The second-order valence-electron chi connectivity index (χ2n) is 25.9. The first-order valence-corrected chi connectivity index (χ1v) is 37.7. The molecule has 0 fully saturated rings. The Hall–Kier alpha value is -1.94. The lowest BCUT2D eigenvalue weighted by molar-refractivity contribution is -0.161. The van der Waals surface area contributed by atoms with Gasteiger partial charge in [0.1, 0.15) is 19.3 Å². The number of carbonyl (C=O) groups is 4. The molecule has 0 rings (SSSR count). The third kappa shape index (κ3) is 59.7. The van der Waals surface area contributed by atoms with Crippen molar-refractivity contribution in [3.8, 4) is 0 Å². The van der Waals surface area contributed by atoms with Crippen molar-refractivity contribution >= 4 is 39.5 Å². The van der Waals surface area contributed by atoms with Gasteiger partial charge in [-0.15, -0.1) is 0 Å². The van der Waals surface area contributed by atoms with Crippen LogP contribution in [0.25, 0.3) is 0 Å². The van der Waals surface area contributed by atoms with Crippen LogP contribution in [-0.4, -0.2) is 96.7 Å². The van der Waals surface area contributed by atoms with Crippen LogP contribution < -0.4 is 0 Å². The Labute approximate surface area is 524 Å². The first kappa shape index (κ1) is 84.1. The molecule has 0 saturated carbocycles. The third-order valence-electron chi connectivity index (χ3n) is 15.7. The molecule has 19 heteroatoms. The lowest BCUT2D eigenvalue weighted by Gasteiger charge is -2.21. The number of ether oxygens (including phenoxy) is 4. The van der Waals surface area contributed by atoms with Crippen molar-refractivity contribution in [1.29, 1.82) is 0 Å². The van der Waals surface area contributed by atoms with Crippen molar-refractivity contribution in [2.45, 2.75) is 343 Å². The lowest BCUT2D eigenvalue weighted by Crippen LogP contribution is -2.30. The molecule has 0 aliphatic rings. The fraction of sp³-hybridized carbons (Fsp3) is 0.940. The highest BCUT2D eigenvalue weighted by Gasteiger charge is 2.30. The predicted octanol–water partition coefficient (Wildman–Crippen LogP) is 18.5. The van der Waals surface area contributed by atoms with Crippen LogP contribution in [0.4, 0.5) is 0 Å². The summed E-state index contributed by atoms with van der Waals surface area (Å²) >= 11 is 0. The number of unbranched alkanes of at least 4 members (excludes halogenated alkanes) is 29. The zero-order valence-electron chi connectivity index (χ0n) is 55.9. The van der Waals surface area contributed by atoms with Gasteiger partial charge in [-0.05, 0) is 49.4 Å². The fourth-order valence-corrected chi connectivity index (χ4v) is 11.5. The maximum atomic E-state index is 13.0. The highest BCUT2D eigenvalue weighted by atomic mass is 31.2. The van der Waals surface area contributed by atoms with E-state index in [1.165, 1.54) is 122 Å². The molecule has 86 heavy (non-hydrogen) atoms. The van der Waals surface area contributed by atoms with E-state index in [0.29, 0.717) is 31.6 Å². The molecule has 0 saturated heterocycles. The Morgan fingerprint density at radius 2 is 0.558 bits per heavy atom. The highest BCUT2D eigenvalue weighted by Crippen LogP contribution is 2.45. The zero-order chi connectivity index (χ0) is 63.9. The number of hydrogen-bond donors (Lipinski definition) is 3. The summed E-state index contributed by atoms with van der Waals surface area (Å²) in [5.41, 5.74) is 0. The third-order valence-corrected chi connectivity index (χ3v) is 17.6. The van der Waals surface area contributed by atoms with E-state index in [-0.39, 0.29) is 25.7 Å². The normalized spacial score (nSPS) is 14.7. The van der Waals surface area contributed by atoms with E-state index >= 15 is 0 Å². The molecular weight excluding hydrogens is 1140 g/mol. The van der Waals surface area contributed by atoms with E-state index in [4.69, 9.17) is 37.0 Å². The minimum Gasteiger partial charge on any atom is -0.462 e. The van der Waals surface area contributed by atoms with Gasteiger partial charge in [0.15, 0.2) is 12.2 Å². The lowest BCUT2D eigenvalue weighted by atomic mass is 9.99.